The van der Waals surface area contributed by atoms with E-state index in [1.165, 1.54) is 24.3 Å². The summed E-state index contributed by atoms with van der Waals surface area (Å²) in [5.41, 5.74) is 4.71. The maximum Gasteiger partial charge on any atom is 0.269 e. The first kappa shape index (κ1) is 35.0. The van der Waals surface area contributed by atoms with Crippen LogP contribution in [0.3, 0.4) is 0 Å². The number of non-ortho nitro benzene ring substituents is 2. The number of nitro benzene ring substituents is 2. The van der Waals surface area contributed by atoms with Gasteiger partial charge in [-0.25, -0.2) is 9.13 Å². The molecule has 0 saturated carbocycles. The molecule has 4 aromatic carbocycles. The van der Waals surface area contributed by atoms with Gasteiger partial charge < -0.3 is 21.9 Å². The lowest BCUT2D eigenvalue weighted by molar-refractivity contribution is -0.693. The summed E-state index contributed by atoms with van der Waals surface area (Å²) in [7, 11) is 2.01. The summed E-state index contributed by atoms with van der Waals surface area (Å²) in [6.07, 6.45) is 7.72. The molecule has 14 heteroatoms. The van der Waals surface area contributed by atoms with Crippen LogP contribution in [-0.4, -0.2) is 39.4 Å². The van der Waals surface area contributed by atoms with Crippen LogP contribution in [0.5, 0.6) is 0 Å². The van der Waals surface area contributed by atoms with Crippen LogP contribution in [0.1, 0.15) is 23.6 Å². The Balaban J connectivity index is 0.00000520. The van der Waals surface area contributed by atoms with E-state index in [0.29, 0.717) is 22.5 Å². The molecule has 48 heavy (non-hydrogen) atoms. The molecule has 0 unspecified atom stereocenters. The minimum atomic E-state index is -0.488. The van der Waals surface area contributed by atoms with E-state index in [9.17, 15) is 20.2 Å². The quantitative estimate of drug-likeness (QED) is 0.0597. The highest BCUT2D eigenvalue weighted by molar-refractivity contribution is 6.13. The molecule has 1 aromatic heterocycles. The first-order valence-electron chi connectivity index (χ1n) is 14.8. The van der Waals surface area contributed by atoms with Crippen molar-refractivity contribution in [1.29, 1.82) is 0 Å². The number of aromatic nitrogens is 2. The number of hydrogen-bond acceptors (Lipinski definition) is 9. The third-order valence-electron chi connectivity index (χ3n) is 7.29. The summed E-state index contributed by atoms with van der Waals surface area (Å²) in [4.78, 5) is 23.5. The molecule has 5 rings (SSSR count). The van der Waals surface area contributed by atoms with Crippen LogP contribution in [0.2, 0.25) is 0 Å². The number of anilines is 1. The van der Waals surface area contributed by atoms with Crippen molar-refractivity contribution in [2.45, 2.75) is 13.5 Å². The number of azo groups is 1. The summed E-state index contributed by atoms with van der Waals surface area (Å²) in [5.74, 6) is 0. The van der Waals surface area contributed by atoms with Gasteiger partial charge in [0.05, 0.1) is 41.0 Å². The summed E-state index contributed by atoms with van der Waals surface area (Å²) >= 11 is 0. The Kier molecular flexibility index (Phi) is 12.1. The average Bonchev–Trinajstić information content (AvgIpc) is 3.52. The second-order valence-corrected chi connectivity index (χ2v) is 10.5. The molecule has 5 aromatic rings. The molecule has 0 bridgehead atoms. The molecular weight excluding hydrogens is 678 g/mol. The molecule has 0 aliphatic rings. The Morgan fingerprint density at radius 2 is 1.33 bits per heavy atom. The van der Waals surface area contributed by atoms with Crippen molar-refractivity contribution in [3.05, 3.63) is 153 Å². The van der Waals surface area contributed by atoms with Gasteiger partial charge in [-0.15, -0.1) is 5.10 Å². The van der Waals surface area contributed by atoms with Gasteiger partial charge in [0, 0.05) is 47.6 Å². The van der Waals surface area contributed by atoms with Gasteiger partial charge in [0.2, 0.25) is 6.33 Å². The van der Waals surface area contributed by atoms with Crippen molar-refractivity contribution >= 4 is 40.4 Å². The van der Waals surface area contributed by atoms with E-state index in [-0.39, 0.29) is 28.4 Å². The summed E-state index contributed by atoms with van der Waals surface area (Å²) in [5, 5.41) is 39.5. The predicted octanol–water partition coefficient (Wildman–Crippen LogP) is 3.95. The van der Waals surface area contributed by atoms with Crippen LogP contribution in [-0.2, 0) is 13.6 Å². The van der Waals surface area contributed by atoms with Gasteiger partial charge in [0.1, 0.15) is 24.7 Å². The molecule has 0 aliphatic heterocycles. The highest BCUT2D eigenvalue weighted by atomic mass is 79.9. The molecule has 1 heterocycles. The molecule has 0 spiro atoms. The molecule has 0 saturated heterocycles. The van der Waals surface area contributed by atoms with Crippen molar-refractivity contribution in [2.75, 3.05) is 18.0 Å². The van der Waals surface area contributed by atoms with Gasteiger partial charge in [-0.05, 0) is 73.2 Å². The van der Waals surface area contributed by atoms with Gasteiger partial charge in [0.25, 0.3) is 11.4 Å². The molecule has 0 atom stereocenters. The van der Waals surface area contributed by atoms with Crippen LogP contribution in [0.25, 0.3) is 0 Å². The molecule has 244 valence electrons. The van der Waals surface area contributed by atoms with Crippen molar-refractivity contribution in [1.82, 2.24) is 4.57 Å². The zero-order valence-electron chi connectivity index (χ0n) is 26.2. The Morgan fingerprint density at radius 1 is 0.812 bits per heavy atom. The van der Waals surface area contributed by atoms with E-state index in [4.69, 9.17) is 0 Å². The Labute approximate surface area is 287 Å². The van der Waals surface area contributed by atoms with Crippen LogP contribution < -0.4 is 26.4 Å². The number of halogens is 1. The third kappa shape index (κ3) is 9.33. The maximum atomic E-state index is 11.1. The van der Waals surface area contributed by atoms with Crippen molar-refractivity contribution in [3.8, 4) is 0 Å². The second kappa shape index (κ2) is 16.6. The Bertz CT molecular complexity index is 1860. The molecule has 13 nitrogen and oxygen atoms in total. The largest absolute Gasteiger partial charge is 1.00 e. The highest BCUT2D eigenvalue weighted by Crippen LogP contribution is 2.23. The van der Waals surface area contributed by atoms with Crippen molar-refractivity contribution in [3.63, 3.8) is 0 Å². The smallest absolute Gasteiger partial charge is 0.269 e. The lowest BCUT2D eigenvalue weighted by atomic mass is 10.0. The van der Waals surface area contributed by atoms with Gasteiger partial charge in [-0.3, -0.25) is 20.2 Å². The number of hydrogen-bond donors (Lipinski definition) is 0. The van der Waals surface area contributed by atoms with E-state index in [1.807, 2.05) is 54.2 Å². The number of rotatable bonds is 13. The first-order chi connectivity index (χ1) is 22.8. The van der Waals surface area contributed by atoms with E-state index < -0.39 is 9.85 Å². The molecule has 0 radical (unpaired) electrons. The number of imidazole rings is 1. The molecular formula is C34H32BrN9O4. The lowest BCUT2D eigenvalue weighted by Gasteiger charge is -2.22. The van der Waals surface area contributed by atoms with Crippen molar-refractivity contribution in [2.24, 2.45) is 27.5 Å². The summed E-state index contributed by atoms with van der Waals surface area (Å²) in [6.45, 7) is 4.82. The van der Waals surface area contributed by atoms with E-state index in [0.717, 1.165) is 36.6 Å². The SMILES string of the molecule is CCN(CC[n+]1ccn(C)c1)c1ccc(/N=N/c2ccc(/C=N/N=C(c3ccc([N+](=O)[O-])cc3)c3ccc([N+](=O)[O-])cc3)cc2)cc1.[Br-]. The van der Waals surface area contributed by atoms with E-state index in [1.54, 1.807) is 30.5 Å². The molecule has 0 amide bonds. The fourth-order valence-electron chi connectivity index (χ4n) is 4.73. The minimum Gasteiger partial charge on any atom is -1.00 e. The number of nitrogens with zero attached hydrogens (tertiary/aromatic N) is 9. The zero-order chi connectivity index (χ0) is 33.2. The fourth-order valence-corrected chi connectivity index (χ4v) is 4.73. The number of likely N-dealkylation sites (N-methyl/N-ethyl adjacent to an activating group) is 1. The topological polar surface area (TPSA) is 148 Å². The van der Waals surface area contributed by atoms with E-state index >= 15 is 0 Å². The second-order valence-electron chi connectivity index (χ2n) is 10.5. The maximum absolute atomic E-state index is 11.1. The molecule has 0 fully saturated rings. The monoisotopic (exact) mass is 709 g/mol. The van der Waals surface area contributed by atoms with Gasteiger partial charge in [0.15, 0.2) is 0 Å². The highest BCUT2D eigenvalue weighted by Gasteiger charge is 2.13. The van der Waals surface area contributed by atoms with E-state index in [2.05, 4.69) is 61.5 Å². The Hall–Kier alpha value is -5.89. The molecule has 0 aliphatic carbocycles. The zero-order valence-corrected chi connectivity index (χ0v) is 27.8. The number of aryl methyl sites for hydroxylation is 1. The summed E-state index contributed by atoms with van der Waals surface area (Å²) in [6, 6.07) is 27.0. The summed E-state index contributed by atoms with van der Waals surface area (Å²) < 4.78 is 4.19. The van der Waals surface area contributed by atoms with Gasteiger partial charge >= 0.3 is 0 Å². The van der Waals surface area contributed by atoms with Crippen molar-refractivity contribution < 1.29 is 31.4 Å². The predicted molar refractivity (Wildman–Crippen MR) is 180 cm³/mol. The van der Waals surface area contributed by atoms with Crippen LogP contribution in [0.4, 0.5) is 28.4 Å². The third-order valence-corrected chi connectivity index (χ3v) is 7.29. The lowest BCUT2D eigenvalue weighted by Crippen LogP contribution is -3.00. The van der Waals surface area contributed by atoms with Crippen LogP contribution in [0.15, 0.2) is 136 Å². The number of nitro groups is 2. The van der Waals surface area contributed by atoms with Gasteiger partial charge in [-0.2, -0.15) is 15.3 Å². The Morgan fingerprint density at radius 3 is 1.79 bits per heavy atom. The minimum absolute atomic E-state index is 0. The fraction of sp³-hybridized carbons (Fsp3) is 0.147. The number of benzene rings is 4. The van der Waals surface area contributed by atoms with Crippen LogP contribution >= 0.6 is 0 Å². The first-order valence-corrected chi connectivity index (χ1v) is 14.8. The molecule has 0 N–H and O–H groups in total. The van der Waals surface area contributed by atoms with Crippen LogP contribution in [0, 0.1) is 20.2 Å². The van der Waals surface area contributed by atoms with Gasteiger partial charge in [-0.1, -0.05) is 12.1 Å². The standard InChI is InChI=1S/C34H32N9O4.BrH/c1-3-41(23-22-40-21-20-39(2)25-40)31-18-12-30(13-19-31)37-36-29-10-4-26(5-11-29)24-35-38-34(27-6-14-32(15-7-27)42(44)45)28-8-16-33(17-9-28)43(46)47;/h4-21,24-25H,3,22-23H2,1-2H3;1H/q+1;/p-1/b35-24+,37-36+;. The average molecular weight is 711 g/mol. The normalized spacial score (nSPS) is 11.0.